The van der Waals surface area contributed by atoms with Gasteiger partial charge < -0.3 is 19.9 Å². The van der Waals surface area contributed by atoms with Crippen molar-refractivity contribution in [2.24, 2.45) is 0 Å². The summed E-state index contributed by atoms with van der Waals surface area (Å²) >= 11 is 0. The summed E-state index contributed by atoms with van der Waals surface area (Å²) in [6.45, 7) is 5.36. The van der Waals surface area contributed by atoms with E-state index in [2.05, 4.69) is 10.1 Å². The number of ether oxygens (including phenoxy) is 2. The Morgan fingerprint density at radius 2 is 1.89 bits per heavy atom. The van der Waals surface area contributed by atoms with Crippen molar-refractivity contribution in [1.29, 1.82) is 0 Å². The molecule has 0 aromatic heterocycles. The van der Waals surface area contributed by atoms with E-state index in [0.29, 0.717) is 25.7 Å². The summed E-state index contributed by atoms with van der Waals surface area (Å²) in [5.41, 5.74) is 0.382. The predicted molar refractivity (Wildman–Crippen MR) is 104 cm³/mol. The van der Waals surface area contributed by atoms with Gasteiger partial charge in [-0.25, -0.2) is 4.79 Å². The lowest BCUT2D eigenvalue weighted by atomic mass is 10.0. The third-order valence-electron chi connectivity index (χ3n) is 3.73. The average Bonchev–Trinajstić information content (AvgIpc) is 2.59. The van der Waals surface area contributed by atoms with Crippen molar-refractivity contribution in [2.45, 2.75) is 64.2 Å². The second-order valence-corrected chi connectivity index (χ2v) is 7.33. The third kappa shape index (κ3) is 10.4. The van der Waals surface area contributed by atoms with E-state index in [1.807, 2.05) is 36.4 Å². The molecule has 0 aliphatic rings. The number of alkyl carbamates (subject to hydrolysis) is 1. The van der Waals surface area contributed by atoms with E-state index in [1.54, 1.807) is 26.8 Å². The molecule has 1 aromatic rings. The number of esters is 1. The van der Waals surface area contributed by atoms with Crippen LogP contribution in [0.4, 0.5) is 4.79 Å². The fourth-order valence-electron chi connectivity index (χ4n) is 2.42. The molecule has 1 rings (SSSR count). The first-order valence-corrected chi connectivity index (χ1v) is 9.16. The lowest BCUT2D eigenvalue weighted by molar-refractivity contribution is -0.140. The molecular weight excluding hydrogens is 346 g/mol. The number of hydrogen-bond donors (Lipinski definition) is 2. The van der Waals surface area contributed by atoms with Crippen LogP contribution in [-0.2, 0) is 20.7 Å². The summed E-state index contributed by atoms with van der Waals surface area (Å²) in [5.74, 6) is -0.252. The van der Waals surface area contributed by atoms with Gasteiger partial charge in [0.1, 0.15) is 5.60 Å². The Balaban J connectivity index is 2.68. The van der Waals surface area contributed by atoms with Gasteiger partial charge in [0, 0.05) is 6.42 Å². The third-order valence-corrected chi connectivity index (χ3v) is 3.73. The minimum Gasteiger partial charge on any atom is -0.469 e. The van der Waals surface area contributed by atoms with Crippen molar-refractivity contribution in [3.63, 3.8) is 0 Å². The predicted octanol–water partition coefficient (Wildman–Crippen LogP) is 3.38. The molecule has 27 heavy (non-hydrogen) atoms. The standard InChI is InChI=1S/C21H31NO5/c1-21(2,3)27-20(25)22-17(15-16-11-7-5-8-12-16)18(23)13-9-6-10-14-19(24)26-4/h5,7-9,11-13,17-18,23H,6,10,14-15H2,1-4H3,(H,22,25)/b13-9+/t17-,18-/m0/s1. The summed E-state index contributed by atoms with van der Waals surface area (Å²) in [4.78, 5) is 23.2. The maximum Gasteiger partial charge on any atom is 0.407 e. The first-order chi connectivity index (χ1) is 12.7. The maximum absolute atomic E-state index is 12.1. The Hall–Kier alpha value is -2.34. The van der Waals surface area contributed by atoms with Crippen LogP contribution in [0, 0.1) is 0 Å². The highest BCUT2D eigenvalue weighted by atomic mass is 16.6. The number of nitrogens with one attached hydrogen (secondary N) is 1. The zero-order valence-corrected chi connectivity index (χ0v) is 16.6. The molecule has 0 heterocycles. The van der Waals surface area contributed by atoms with Gasteiger partial charge >= 0.3 is 12.1 Å². The number of rotatable bonds is 9. The number of methoxy groups -OCH3 is 1. The van der Waals surface area contributed by atoms with Crippen molar-refractivity contribution < 1.29 is 24.2 Å². The number of hydrogen-bond acceptors (Lipinski definition) is 5. The number of unbranched alkanes of at least 4 members (excludes halogenated alkanes) is 1. The molecule has 1 aromatic carbocycles. The second kappa shape index (κ2) is 11.4. The SMILES string of the molecule is COC(=O)CCC/C=C/[C@H](O)[C@H](Cc1ccccc1)NC(=O)OC(C)(C)C. The fraction of sp³-hybridized carbons (Fsp3) is 0.524. The molecule has 2 atom stereocenters. The summed E-state index contributed by atoms with van der Waals surface area (Å²) in [7, 11) is 1.36. The number of allylic oxidation sites excluding steroid dienone is 1. The van der Waals surface area contributed by atoms with E-state index in [0.717, 1.165) is 5.56 Å². The quantitative estimate of drug-likeness (QED) is 0.391. The molecule has 0 bridgehead atoms. The Kier molecular flexibility index (Phi) is 9.58. The van der Waals surface area contributed by atoms with Gasteiger partial charge in [-0.2, -0.15) is 0 Å². The van der Waals surface area contributed by atoms with Crippen molar-refractivity contribution in [2.75, 3.05) is 7.11 Å². The molecule has 0 saturated heterocycles. The number of aliphatic hydroxyl groups excluding tert-OH is 1. The van der Waals surface area contributed by atoms with Gasteiger partial charge in [0.15, 0.2) is 0 Å². The average molecular weight is 377 g/mol. The van der Waals surface area contributed by atoms with E-state index in [4.69, 9.17) is 4.74 Å². The highest BCUT2D eigenvalue weighted by molar-refractivity contribution is 5.69. The van der Waals surface area contributed by atoms with Crippen LogP contribution in [0.2, 0.25) is 0 Å². The molecule has 0 radical (unpaired) electrons. The normalized spacial score (nSPS) is 13.8. The van der Waals surface area contributed by atoms with Gasteiger partial charge in [0.05, 0.1) is 19.3 Å². The van der Waals surface area contributed by atoms with Gasteiger partial charge in [0.25, 0.3) is 0 Å². The summed E-state index contributed by atoms with van der Waals surface area (Å²) in [6, 6.07) is 9.09. The van der Waals surface area contributed by atoms with Gasteiger partial charge in [-0.1, -0.05) is 42.5 Å². The number of carbonyl (C=O) groups excluding carboxylic acids is 2. The maximum atomic E-state index is 12.1. The molecule has 0 fully saturated rings. The lowest BCUT2D eigenvalue weighted by Gasteiger charge is -2.25. The topological polar surface area (TPSA) is 84.9 Å². The molecule has 0 saturated carbocycles. The van der Waals surface area contributed by atoms with Crippen LogP contribution in [0.5, 0.6) is 0 Å². The van der Waals surface area contributed by atoms with Crippen molar-refractivity contribution in [1.82, 2.24) is 5.32 Å². The van der Waals surface area contributed by atoms with Gasteiger partial charge in [-0.15, -0.1) is 0 Å². The van der Waals surface area contributed by atoms with Crippen molar-refractivity contribution in [3.8, 4) is 0 Å². The molecular formula is C21H31NO5. The highest BCUT2D eigenvalue weighted by Crippen LogP contribution is 2.11. The van der Waals surface area contributed by atoms with Crippen LogP contribution in [-0.4, -0.2) is 42.0 Å². The molecule has 150 valence electrons. The van der Waals surface area contributed by atoms with Crippen LogP contribution in [0.3, 0.4) is 0 Å². The van der Waals surface area contributed by atoms with E-state index < -0.39 is 23.8 Å². The summed E-state index contributed by atoms with van der Waals surface area (Å²) < 4.78 is 9.89. The number of aliphatic hydroxyl groups is 1. The van der Waals surface area contributed by atoms with Crippen LogP contribution >= 0.6 is 0 Å². The number of benzene rings is 1. The van der Waals surface area contributed by atoms with Crippen molar-refractivity contribution in [3.05, 3.63) is 48.0 Å². The van der Waals surface area contributed by atoms with E-state index in [9.17, 15) is 14.7 Å². The molecule has 0 aliphatic carbocycles. The minimum absolute atomic E-state index is 0.252. The van der Waals surface area contributed by atoms with E-state index in [-0.39, 0.29) is 5.97 Å². The smallest absolute Gasteiger partial charge is 0.407 e. The lowest BCUT2D eigenvalue weighted by Crippen LogP contribution is -2.46. The van der Waals surface area contributed by atoms with Gasteiger partial charge in [-0.05, 0) is 45.6 Å². The Labute approximate surface area is 161 Å². The van der Waals surface area contributed by atoms with Crippen LogP contribution in [0.1, 0.15) is 45.6 Å². The molecule has 0 spiro atoms. The van der Waals surface area contributed by atoms with Crippen LogP contribution in [0.25, 0.3) is 0 Å². The van der Waals surface area contributed by atoms with Crippen LogP contribution in [0.15, 0.2) is 42.5 Å². The molecule has 6 heteroatoms. The van der Waals surface area contributed by atoms with E-state index in [1.165, 1.54) is 7.11 Å². The molecule has 0 unspecified atom stereocenters. The number of carbonyl (C=O) groups is 2. The van der Waals surface area contributed by atoms with Gasteiger partial charge in [0.2, 0.25) is 0 Å². The zero-order valence-electron chi connectivity index (χ0n) is 16.6. The summed E-state index contributed by atoms with van der Waals surface area (Å²) in [6.07, 6.45) is 4.08. The summed E-state index contributed by atoms with van der Waals surface area (Å²) in [5, 5.41) is 13.3. The largest absolute Gasteiger partial charge is 0.469 e. The van der Waals surface area contributed by atoms with Crippen molar-refractivity contribution >= 4 is 12.1 Å². The Morgan fingerprint density at radius 3 is 2.48 bits per heavy atom. The second-order valence-electron chi connectivity index (χ2n) is 7.33. The first-order valence-electron chi connectivity index (χ1n) is 9.16. The minimum atomic E-state index is -0.879. The monoisotopic (exact) mass is 377 g/mol. The van der Waals surface area contributed by atoms with Gasteiger partial charge in [-0.3, -0.25) is 4.79 Å². The molecule has 1 amide bonds. The fourth-order valence-corrected chi connectivity index (χ4v) is 2.42. The molecule has 2 N–H and O–H groups in total. The number of amides is 1. The molecule has 0 aliphatic heterocycles. The molecule has 6 nitrogen and oxygen atoms in total. The Bertz CT molecular complexity index is 607. The van der Waals surface area contributed by atoms with Crippen LogP contribution < -0.4 is 5.32 Å². The highest BCUT2D eigenvalue weighted by Gasteiger charge is 2.23. The first kappa shape index (κ1) is 22.7. The van der Waals surface area contributed by atoms with E-state index >= 15 is 0 Å². The Morgan fingerprint density at radius 1 is 1.22 bits per heavy atom. The zero-order chi connectivity index (χ0) is 20.3.